The number of aromatic nitrogens is 4. The summed E-state index contributed by atoms with van der Waals surface area (Å²) in [4.78, 5) is 15.8. The Balaban J connectivity index is 1.60. The van der Waals surface area contributed by atoms with Crippen molar-refractivity contribution in [3.05, 3.63) is 77.0 Å². The summed E-state index contributed by atoms with van der Waals surface area (Å²) in [6.45, 7) is 0.452. The molecule has 3 heterocycles. The first kappa shape index (κ1) is 18.8. The zero-order valence-electron chi connectivity index (χ0n) is 14.9. The fourth-order valence-corrected chi connectivity index (χ4v) is 2.90. The number of anilines is 2. The average molecular weight is 412 g/mol. The Morgan fingerprint density at radius 2 is 2.07 bits per heavy atom. The van der Waals surface area contributed by atoms with E-state index in [0.717, 1.165) is 11.8 Å². The van der Waals surface area contributed by atoms with Gasteiger partial charge < -0.3 is 10.3 Å². The van der Waals surface area contributed by atoms with Crippen LogP contribution in [0.4, 0.5) is 16.0 Å². The molecule has 10 heteroatoms. The van der Waals surface area contributed by atoms with Crippen LogP contribution in [0.1, 0.15) is 11.3 Å². The maximum Gasteiger partial charge on any atom is 0.203 e. The number of fused-ring (bicyclic) bond motifs is 1. The second kappa shape index (κ2) is 7.82. The van der Waals surface area contributed by atoms with Crippen LogP contribution < -0.4 is 10.4 Å². The minimum atomic E-state index is -0.612. The zero-order chi connectivity index (χ0) is 20.4. The first-order valence-electron chi connectivity index (χ1n) is 8.54. The van der Waals surface area contributed by atoms with E-state index in [1.54, 1.807) is 12.3 Å². The molecule has 0 saturated carbocycles. The molecule has 29 heavy (non-hydrogen) atoms. The maximum absolute atomic E-state index is 13.4. The van der Waals surface area contributed by atoms with E-state index in [9.17, 15) is 9.60 Å². The van der Waals surface area contributed by atoms with Gasteiger partial charge in [-0.05, 0) is 36.4 Å². The van der Waals surface area contributed by atoms with Crippen LogP contribution in [0, 0.1) is 11.2 Å². The molecule has 4 aromatic rings. The van der Waals surface area contributed by atoms with Crippen LogP contribution in [0.25, 0.3) is 11.2 Å². The lowest BCUT2D eigenvalue weighted by molar-refractivity contribution is 0.312. The van der Waals surface area contributed by atoms with Crippen molar-refractivity contribution in [1.29, 1.82) is 5.41 Å². The van der Waals surface area contributed by atoms with Crippen LogP contribution in [0.5, 0.6) is 0 Å². The van der Waals surface area contributed by atoms with E-state index >= 15 is 0 Å². The normalized spacial score (nSPS) is 10.9. The van der Waals surface area contributed by atoms with Crippen LogP contribution >= 0.6 is 11.6 Å². The highest BCUT2D eigenvalue weighted by molar-refractivity contribution is 6.31. The summed E-state index contributed by atoms with van der Waals surface area (Å²) < 4.78 is 13.4. The summed E-state index contributed by atoms with van der Waals surface area (Å²) in [5.74, 6) is -0.411. The molecule has 4 N–H and O–H groups in total. The smallest absolute Gasteiger partial charge is 0.203 e. The first-order valence-corrected chi connectivity index (χ1v) is 8.92. The number of aromatic amines is 1. The van der Waals surface area contributed by atoms with Crippen molar-refractivity contribution >= 4 is 40.2 Å². The van der Waals surface area contributed by atoms with Crippen molar-refractivity contribution in [2.45, 2.75) is 6.54 Å². The van der Waals surface area contributed by atoms with Crippen LogP contribution in [0.3, 0.4) is 0 Å². The molecule has 0 amide bonds. The molecule has 0 aliphatic rings. The van der Waals surface area contributed by atoms with Crippen molar-refractivity contribution in [3.63, 3.8) is 0 Å². The van der Waals surface area contributed by atoms with Crippen LogP contribution in [-0.2, 0) is 6.54 Å². The van der Waals surface area contributed by atoms with Crippen molar-refractivity contribution in [2.75, 3.05) is 10.4 Å². The summed E-state index contributed by atoms with van der Waals surface area (Å²) in [6.07, 6.45) is 3.19. The second-order valence-corrected chi connectivity index (χ2v) is 6.48. The summed E-state index contributed by atoms with van der Waals surface area (Å²) >= 11 is 5.77. The number of rotatable bonds is 5. The number of hydrogen-bond donors (Lipinski definition) is 4. The van der Waals surface area contributed by atoms with Gasteiger partial charge in [-0.25, -0.2) is 14.4 Å². The molecule has 0 radical (unpaired) electrons. The van der Waals surface area contributed by atoms with Gasteiger partial charge >= 0.3 is 0 Å². The van der Waals surface area contributed by atoms with Gasteiger partial charge in [0.2, 0.25) is 5.95 Å². The highest BCUT2D eigenvalue weighted by Gasteiger charge is 2.18. The van der Waals surface area contributed by atoms with E-state index in [0.29, 0.717) is 34.3 Å². The van der Waals surface area contributed by atoms with Gasteiger partial charge in [0.15, 0.2) is 11.5 Å². The van der Waals surface area contributed by atoms with Crippen LogP contribution in [0.15, 0.2) is 54.9 Å². The number of hydroxylamine groups is 1. The van der Waals surface area contributed by atoms with E-state index in [2.05, 4.69) is 25.3 Å². The lowest BCUT2D eigenvalue weighted by Crippen LogP contribution is -2.27. The molecule has 3 aromatic heterocycles. The monoisotopic (exact) mass is 411 g/mol. The van der Waals surface area contributed by atoms with E-state index in [4.69, 9.17) is 17.0 Å². The Bertz CT molecular complexity index is 1180. The number of nitrogens with zero attached hydrogens (tertiary/aromatic N) is 4. The van der Waals surface area contributed by atoms with Gasteiger partial charge in [0.1, 0.15) is 5.82 Å². The summed E-state index contributed by atoms with van der Waals surface area (Å²) in [5.41, 5.74) is 2.19. The summed E-state index contributed by atoms with van der Waals surface area (Å²) in [7, 11) is 0. The SMILES string of the molecule is N=C(c1ccnc2nc(NCc3ccccn3)[nH]c12)N(O)c1ccc(F)c(Cl)c1. The van der Waals surface area contributed by atoms with Gasteiger partial charge in [0, 0.05) is 18.0 Å². The zero-order valence-corrected chi connectivity index (χ0v) is 15.7. The quantitative estimate of drug-likeness (QED) is 0.224. The minimum absolute atomic E-state index is 0.152. The Morgan fingerprint density at radius 3 is 2.83 bits per heavy atom. The molecule has 0 bridgehead atoms. The van der Waals surface area contributed by atoms with E-state index in [-0.39, 0.29) is 16.5 Å². The molecule has 1 aromatic carbocycles. The van der Waals surface area contributed by atoms with Crippen molar-refractivity contribution in [1.82, 2.24) is 19.9 Å². The number of benzene rings is 1. The van der Waals surface area contributed by atoms with Gasteiger partial charge in [0.05, 0.1) is 28.5 Å². The summed E-state index contributed by atoms with van der Waals surface area (Å²) in [6, 6.07) is 10.8. The average Bonchev–Trinajstić information content (AvgIpc) is 3.17. The predicted molar refractivity (Wildman–Crippen MR) is 108 cm³/mol. The maximum atomic E-state index is 13.4. The molecule has 0 aliphatic carbocycles. The van der Waals surface area contributed by atoms with Gasteiger partial charge in [-0.15, -0.1) is 0 Å². The van der Waals surface area contributed by atoms with Crippen molar-refractivity contribution < 1.29 is 9.60 Å². The number of imidazole rings is 1. The Kier molecular flexibility index (Phi) is 5.07. The summed E-state index contributed by atoms with van der Waals surface area (Å²) in [5, 5.41) is 22.4. The van der Waals surface area contributed by atoms with Crippen LogP contribution in [0.2, 0.25) is 5.02 Å². The number of H-pyrrole nitrogens is 1. The van der Waals surface area contributed by atoms with Crippen molar-refractivity contribution in [3.8, 4) is 0 Å². The Morgan fingerprint density at radius 1 is 1.21 bits per heavy atom. The molecular weight excluding hydrogens is 397 g/mol. The molecule has 0 aliphatic heterocycles. The third-order valence-electron chi connectivity index (χ3n) is 4.17. The topological polar surface area (TPSA) is 114 Å². The van der Waals surface area contributed by atoms with Crippen LogP contribution in [-0.4, -0.2) is 31.0 Å². The number of halogens is 2. The van der Waals surface area contributed by atoms with Gasteiger partial charge in [-0.1, -0.05) is 17.7 Å². The van der Waals surface area contributed by atoms with Crippen molar-refractivity contribution in [2.24, 2.45) is 0 Å². The number of amidine groups is 1. The Hall–Kier alpha value is -3.56. The number of nitrogens with one attached hydrogen (secondary N) is 3. The van der Waals surface area contributed by atoms with E-state index < -0.39 is 5.82 Å². The predicted octanol–water partition coefficient (Wildman–Crippen LogP) is 3.98. The fraction of sp³-hybridized carbons (Fsp3) is 0.0526. The van der Waals surface area contributed by atoms with E-state index in [1.165, 1.54) is 18.3 Å². The lowest BCUT2D eigenvalue weighted by Gasteiger charge is -2.18. The minimum Gasteiger partial charge on any atom is -0.350 e. The first-order chi connectivity index (χ1) is 14.0. The van der Waals surface area contributed by atoms with Gasteiger partial charge in [0.25, 0.3) is 0 Å². The largest absolute Gasteiger partial charge is 0.350 e. The molecule has 0 saturated heterocycles. The molecule has 8 nitrogen and oxygen atoms in total. The molecule has 0 atom stereocenters. The molecule has 0 unspecified atom stereocenters. The molecule has 0 fully saturated rings. The fourth-order valence-electron chi connectivity index (χ4n) is 2.73. The molecule has 4 rings (SSSR count). The lowest BCUT2D eigenvalue weighted by atomic mass is 10.2. The molecule has 146 valence electrons. The van der Waals surface area contributed by atoms with E-state index in [1.807, 2.05) is 18.2 Å². The number of hydrogen-bond acceptors (Lipinski definition) is 6. The standard InChI is InChI=1S/C19H15ClFN7O/c20-14-9-12(4-5-15(14)21)28(29)17(22)13-6-8-24-18-16(13)26-19(27-18)25-10-11-3-1-2-7-23-11/h1-9,22,29H,10H2,(H2,24,25,26,27). The highest BCUT2D eigenvalue weighted by atomic mass is 35.5. The third-order valence-corrected chi connectivity index (χ3v) is 4.46. The van der Waals surface area contributed by atoms with Gasteiger partial charge in [-0.2, -0.15) is 4.98 Å². The molecular formula is C19H15ClFN7O. The molecule has 0 spiro atoms. The third kappa shape index (κ3) is 3.86. The highest BCUT2D eigenvalue weighted by Crippen LogP contribution is 2.25. The second-order valence-electron chi connectivity index (χ2n) is 6.08. The van der Waals surface area contributed by atoms with Gasteiger partial charge in [-0.3, -0.25) is 15.6 Å². The Labute approximate surface area is 169 Å². The number of pyridine rings is 2.